The lowest BCUT2D eigenvalue weighted by molar-refractivity contribution is -0.123. The number of pyridine rings is 1. The van der Waals surface area contributed by atoms with E-state index in [0.717, 1.165) is 0 Å². The lowest BCUT2D eigenvalue weighted by Crippen LogP contribution is -2.28. The van der Waals surface area contributed by atoms with Gasteiger partial charge in [0, 0.05) is 11.2 Å². The average molecular weight is 379 g/mol. The molecule has 3 aromatic rings. The molecule has 0 aliphatic carbocycles. The van der Waals surface area contributed by atoms with Crippen LogP contribution in [-0.2, 0) is 11.3 Å². The van der Waals surface area contributed by atoms with E-state index in [2.05, 4.69) is 20.5 Å². The van der Waals surface area contributed by atoms with Gasteiger partial charge in [0.2, 0.25) is 5.89 Å². The summed E-state index contributed by atoms with van der Waals surface area (Å²) >= 11 is 11.8. The highest BCUT2D eigenvalue weighted by atomic mass is 35.5. The molecule has 1 amide bonds. The van der Waals surface area contributed by atoms with Gasteiger partial charge in [0.15, 0.2) is 6.61 Å². The number of nitrogens with one attached hydrogen (secondary N) is 1. The van der Waals surface area contributed by atoms with Crippen LogP contribution in [0.1, 0.15) is 5.89 Å². The van der Waals surface area contributed by atoms with Crippen LogP contribution in [0.2, 0.25) is 10.0 Å². The van der Waals surface area contributed by atoms with Crippen molar-refractivity contribution in [1.29, 1.82) is 0 Å². The third-order valence-electron chi connectivity index (χ3n) is 3.04. The van der Waals surface area contributed by atoms with Crippen molar-refractivity contribution in [2.75, 3.05) is 6.61 Å². The Bertz CT molecular complexity index is 871. The number of aromatic nitrogens is 3. The number of carbonyl (C=O) groups excluding carboxylic acids is 1. The van der Waals surface area contributed by atoms with E-state index in [4.69, 9.17) is 32.4 Å². The van der Waals surface area contributed by atoms with E-state index in [-0.39, 0.29) is 30.8 Å². The second-order valence-electron chi connectivity index (χ2n) is 4.86. The predicted octanol–water partition coefficient (Wildman–Crippen LogP) is 3.13. The Balaban J connectivity index is 1.50. The Morgan fingerprint density at radius 1 is 1.20 bits per heavy atom. The quantitative estimate of drug-likeness (QED) is 0.708. The standard InChI is InChI=1S/C16H12Cl2N4O3/c17-10-4-5-13(11(18)7-10)24-9-14(23)20-8-15-21-22-16(25-15)12-3-1-2-6-19-12/h1-7H,8-9H2,(H,20,23). The number of hydrogen-bond acceptors (Lipinski definition) is 6. The molecule has 0 bridgehead atoms. The molecule has 1 aromatic carbocycles. The highest BCUT2D eigenvalue weighted by Crippen LogP contribution is 2.27. The summed E-state index contributed by atoms with van der Waals surface area (Å²) in [7, 11) is 0. The fourth-order valence-electron chi connectivity index (χ4n) is 1.88. The van der Waals surface area contributed by atoms with Crippen LogP contribution >= 0.6 is 23.2 Å². The molecule has 0 spiro atoms. The number of carbonyl (C=O) groups is 1. The van der Waals surface area contributed by atoms with E-state index in [1.54, 1.807) is 30.5 Å². The average Bonchev–Trinajstić information content (AvgIpc) is 3.09. The Morgan fingerprint density at radius 2 is 2.08 bits per heavy atom. The van der Waals surface area contributed by atoms with Gasteiger partial charge in [-0.25, -0.2) is 0 Å². The Kier molecular flexibility index (Phi) is 5.47. The van der Waals surface area contributed by atoms with Gasteiger partial charge in [-0.1, -0.05) is 29.3 Å². The molecular weight excluding hydrogens is 367 g/mol. The van der Waals surface area contributed by atoms with E-state index in [0.29, 0.717) is 21.5 Å². The zero-order valence-corrected chi connectivity index (χ0v) is 14.3. The highest BCUT2D eigenvalue weighted by Gasteiger charge is 2.11. The van der Waals surface area contributed by atoms with Crippen molar-refractivity contribution in [2.24, 2.45) is 0 Å². The first-order valence-electron chi connectivity index (χ1n) is 7.20. The van der Waals surface area contributed by atoms with E-state index >= 15 is 0 Å². The molecule has 0 saturated carbocycles. The Morgan fingerprint density at radius 3 is 2.84 bits per heavy atom. The van der Waals surface area contributed by atoms with Crippen molar-refractivity contribution in [3.05, 3.63) is 58.5 Å². The summed E-state index contributed by atoms with van der Waals surface area (Å²) in [6.45, 7) is -0.126. The maximum Gasteiger partial charge on any atom is 0.266 e. The van der Waals surface area contributed by atoms with Gasteiger partial charge >= 0.3 is 0 Å². The van der Waals surface area contributed by atoms with Crippen molar-refractivity contribution in [2.45, 2.75) is 6.54 Å². The van der Waals surface area contributed by atoms with Crippen LogP contribution in [0.25, 0.3) is 11.6 Å². The summed E-state index contributed by atoms with van der Waals surface area (Å²) in [5, 5.41) is 11.2. The van der Waals surface area contributed by atoms with Gasteiger partial charge in [0.05, 0.1) is 11.6 Å². The van der Waals surface area contributed by atoms with Crippen molar-refractivity contribution >= 4 is 29.1 Å². The van der Waals surface area contributed by atoms with Crippen molar-refractivity contribution in [1.82, 2.24) is 20.5 Å². The summed E-state index contributed by atoms with van der Waals surface area (Å²) in [6, 6.07) is 10.1. The second-order valence-corrected chi connectivity index (χ2v) is 5.70. The van der Waals surface area contributed by atoms with E-state index in [1.807, 2.05) is 6.07 Å². The molecular formula is C16H12Cl2N4O3. The molecule has 128 valence electrons. The molecule has 0 atom stereocenters. The molecule has 2 aromatic heterocycles. The Labute approximate surface area is 152 Å². The monoisotopic (exact) mass is 378 g/mol. The molecule has 1 N–H and O–H groups in total. The molecule has 0 fully saturated rings. The van der Waals surface area contributed by atoms with Gasteiger partial charge in [-0.3, -0.25) is 9.78 Å². The predicted molar refractivity (Wildman–Crippen MR) is 91.3 cm³/mol. The molecule has 2 heterocycles. The molecule has 7 nitrogen and oxygen atoms in total. The fourth-order valence-corrected chi connectivity index (χ4v) is 2.34. The second kappa shape index (κ2) is 7.96. The molecule has 0 unspecified atom stereocenters. The van der Waals surface area contributed by atoms with Crippen LogP contribution in [0.3, 0.4) is 0 Å². The minimum Gasteiger partial charge on any atom is -0.482 e. The number of hydrogen-bond donors (Lipinski definition) is 1. The molecule has 9 heteroatoms. The number of halogens is 2. The van der Waals surface area contributed by atoms with Crippen LogP contribution in [0.15, 0.2) is 47.0 Å². The van der Waals surface area contributed by atoms with Gasteiger partial charge in [0.1, 0.15) is 11.4 Å². The molecule has 25 heavy (non-hydrogen) atoms. The van der Waals surface area contributed by atoms with Crippen molar-refractivity contribution < 1.29 is 13.9 Å². The van der Waals surface area contributed by atoms with E-state index in [9.17, 15) is 4.79 Å². The maximum atomic E-state index is 11.8. The lowest BCUT2D eigenvalue weighted by atomic mass is 10.3. The van der Waals surface area contributed by atoms with Crippen LogP contribution in [0.5, 0.6) is 5.75 Å². The summed E-state index contributed by atoms with van der Waals surface area (Å²) in [4.78, 5) is 15.9. The van der Waals surface area contributed by atoms with Crippen LogP contribution < -0.4 is 10.1 Å². The molecule has 0 radical (unpaired) electrons. The summed E-state index contributed by atoms with van der Waals surface area (Å²) in [5.41, 5.74) is 0.563. The summed E-state index contributed by atoms with van der Waals surface area (Å²) in [6.07, 6.45) is 1.63. The highest BCUT2D eigenvalue weighted by molar-refractivity contribution is 6.35. The number of amides is 1. The third kappa shape index (κ3) is 4.68. The maximum absolute atomic E-state index is 11.8. The zero-order valence-electron chi connectivity index (χ0n) is 12.8. The van der Waals surface area contributed by atoms with Crippen LogP contribution in [0.4, 0.5) is 0 Å². The minimum absolute atomic E-state index is 0.0797. The first-order valence-corrected chi connectivity index (χ1v) is 7.96. The van der Waals surface area contributed by atoms with Gasteiger partial charge in [0.25, 0.3) is 11.8 Å². The van der Waals surface area contributed by atoms with Gasteiger partial charge in [-0.2, -0.15) is 0 Å². The topological polar surface area (TPSA) is 90.1 Å². The first kappa shape index (κ1) is 17.2. The SMILES string of the molecule is O=C(COc1ccc(Cl)cc1Cl)NCc1nnc(-c2ccccn2)o1. The number of benzene rings is 1. The summed E-state index contributed by atoms with van der Waals surface area (Å²) < 4.78 is 10.8. The van der Waals surface area contributed by atoms with E-state index in [1.165, 1.54) is 6.07 Å². The lowest BCUT2D eigenvalue weighted by Gasteiger charge is -2.08. The van der Waals surface area contributed by atoms with E-state index < -0.39 is 0 Å². The van der Waals surface area contributed by atoms with Gasteiger partial charge in [-0.15, -0.1) is 10.2 Å². The smallest absolute Gasteiger partial charge is 0.266 e. The molecule has 0 aliphatic rings. The first-order chi connectivity index (χ1) is 12.1. The normalized spacial score (nSPS) is 10.5. The number of rotatable bonds is 6. The Hall–Kier alpha value is -2.64. The zero-order chi connectivity index (χ0) is 17.6. The number of ether oxygens (including phenoxy) is 1. The van der Waals surface area contributed by atoms with Crippen LogP contribution in [-0.4, -0.2) is 27.7 Å². The molecule has 3 rings (SSSR count). The largest absolute Gasteiger partial charge is 0.482 e. The minimum atomic E-state index is -0.358. The fraction of sp³-hybridized carbons (Fsp3) is 0.125. The van der Waals surface area contributed by atoms with Crippen LogP contribution in [0, 0.1) is 0 Å². The summed E-state index contributed by atoms with van der Waals surface area (Å²) in [5.74, 6) is 0.563. The van der Waals surface area contributed by atoms with Gasteiger partial charge in [-0.05, 0) is 30.3 Å². The number of nitrogens with zero attached hydrogens (tertiary/aromatic N) is 3. The molecule has 0 saturated heterocycles. The molecule has 0 aliphatic heterocycles. The van der Waals surface area contributed by atoms with Gasteiger partial charge < -0.3 is 14.5 Å². The van der Waals surface area contributed by atoms with Crippen molar-refractivity contribution in [3.8, 4) is 17.3 Å². The van der Waals surface area contributed by atoms with Crippen molar-refractivity contribution in [3.63, 3.8) is 0 Å². The third-order valence-corrected chi connectivity index (χ3v) is 3.57.